The van der Waals surface area contributed by atoms with Gasteiger partial charge in [-0.1, -0.05) is 49.6 Å². The first kappa shape index (κ1) is 20.0. The first-order valence-corrected chi connectivity index (χ1v) is 10.4. The number of aryl methyl sites for hydroxylation is 1. The zero-order valence-electron chi connectivity index (χ0n) is 17.2. The summed E-state index contributed by atoms with van der Waals surface area (Å²) in [6.07, 6.45) is 4.54. The minimum Gasteiger partial charge on any atom is -0.345 e. The molecule has 0 radical (unpaired) electrons. The number of aromatic amines is 1. The third-order valence-electron chi connectivity index (χ3n) is 5.75. The number of anilines is 1. The van der Waals surface area contributed by atoms with Gasteiger partial charge in [0.2, 0.25) is 5.78 Å². The van der Waals surface area contributed by atoms with E-state index < -0.39 is 23.7 Å². The van der Waals surface area contributed by atoms with Crippen molar-refractivity contribution in [2.45, 2.75) is 45.6 Å². The second-order valence-electron chi connectivity index (χ2n) is 7.90. The van der Waals surface area contributed by atoms with Crippen molar-refractivity contribution < 1.29 is 14.4 Å². The number of H-pyrrole nitrogens is 1. The van der Waals surface area contributed by atoms with Crippen molar-refractivity contribution in [3.8, 4) is 0 Å². The fourth-order valence-corrected chi connectivity index (χ4v) is 4.24. The van der Waals surface area contributed by atoms with E-state index in [9.17, 15) is 14.4 Å². The Labute approximate surface area is 175 Å². The Morgan fingerprint density at radius 3 is 2.73 bits per heavy atom. The number of unbranched alkanes of at least 4 members (excludes halogenated alkanes) is 2. The van der Waals surface area contributed by atoms with E-state index in [0.717, 1.165) is 41.4 Å². The number of aromatic nitrogens is 2. The van der Waals surface area contributed by atoms with Gasteiger partial charge in [-0.25, -0.2) is 4.98 Å². The highest BCUT2D eigenvalue weighted by molar-refractivity contribution is 6.48. The van der Waals surface area contributed by atoms with Crippen LogP contribution in [0.25, 0.3) is 11.0 Å². The molecule has 154 valence electrons. The minimum absolute atomic E-state index is 0.154. The van der Waals surface area contributed by atoms with Crippen LogP contribution >= 0.6 is 0 Å². The molecule has 1 N–H and O–H groups in total. The number of benzene rings is 2. The SMILES string of the molecule is CCCCCC(=O)C1C(=O)C(=O)N(c2ccc3nc[nH]c3c2)C1c1cccc(C)c1. The zero-order chi connectivity index (χ0) is 21.3. The van der Waals surface area contributed by atoms with Crippen molar-refractivity contribution >= 4 is 34.2 Å². The maximum atomic E-state index is 13.1. The number of fused-ring (bicyclic) bond motifs is 1. The number of nitrogens with one attached hydrogen (secondary N) is 1. The molecule has 0 spiro atoms. The normalized spacial score (nSPS) is 19.1. The Balaban J connectivity index is 1.79. The molecule has 1 aliphatic heterocycles. The Morgan fingerprint density at radius 1 is 1.13 bits per heavy atom. The van der Waals surface area contributed by atoms with E-state index in [4.69, 9.17) is 0 Å². The molecule has 4 rings (SSSR count). The Hall–Kier alpha value is -3.28. The number of hydrogen-bond donors (Lipinski definition) is 1. The van der Waals surface area contributed by atoms with Crippen molar-refractivity contribution in [1.82, 2.24) is 9.97 Å². The molecule has 1 amide bonds. The van der Waals surface area contributed by atoms with E-state index in [2.05, 4.69) is 16.9 Å². The summed E-state index contributed by atoms with van der Waals surface area (Å²) in [6.45, 7) is 4.03. The summed E-state index contributed by atoms with van der Waals surface area (Å²) in [6, 6.07) is 12.4. The lowest BCUT2D eigenvalue weighted by Crippen LogP contribution is -2.30. The quantitative estimate of drug-likeness (QED) is 0.362. The fourth-order valence-electron chi connectivity index (χ4n) is 4.24. The number of imidazole rings is 1. The third-order valence-corrected chi connectivity index (χ3v) is 5.75. The van der Waals surface area contributed by atoms with Crippen LogP contribution in [0.3, 0.4) is 0 Å². The van der Waals surface area contributed by atoms with Crippen molar-refractivity contribution in [2.75, 3.05) is 4.90 Å². The summed E-state index contributed by atoms with van der Waals surface area (Å²) in [5, 5.41) is 0. The number of nitrogens with zero attached hydrogens (tertiary/aromatic N) is 2. The van der Waals surface area contributed by atoms with Crippen molar-refractivity contribution in [1.29, 1.82) is 0 Å². The second kappa shape index (κ2) is 8.22. The number of rotatable bonds is 7. The van der Waals surface area contributed by atoms with E-state index in [1.807, 2.05) is 37.3 Å². The number of amides is 1. The highest BCUT2D eigenvalue weighted by Gasteiger charge is 2.51. The van der Waals surface area contributed by atoms with Gasteiger partial charge in [-0.15, -0.1) is 0 Å². The van der Waals surface area contributed by atoms with Crippen LogP contribution in [-0.2, 0) is 14.4 Å². The van der Waals surface area contributed by atoms with Gasteiger partial charge in [-0.3, -0.25) is 19.3 Å². The molecule has 0 bridgehead atoms. The molecule has 1 aliphatic rings. The lowest BCUT2D eigenvalue weighted by molar-refractivity contribution is -0.139. The molecule has 2 unspecified atom stereocenters. The van der Waals surface area contributed by atoms with Gasteiger partial charge in [0, 0.05) is 12.1 Å². The highest BCUT2D eigenvalue weighted by atomic mass is 16.2. The predicted octanol–water partition coefficient (Wildman–Crippen LogP) is 4.29. The first-order valence-electron chi connectivity index (χ1n) is 10.4. The standard InChI is InChI=1S/C24H25N3O3/c1-3-4-5-9-20(28)21-22(16-8-6-7-15(2)12-16)27(24(30)23(21)29)17-10-11-18-19(13-17)26-14-25-18/h6-8,10-14,21-22H,3-5,9H2,1-2H3,(H,25,26). The van der Waals surface area contributed by atoms with Crippen molar-refractivity contribution in [3.63, 3.8) is 0 Å². The Morgan fingerprint density at radius 2 is 1.97 bits per heavy atom. The van der Waals surface area contributed by atoms with Gasteiger partial charge in [0.15, 0.2) is 0 Å². The molecule has 0 aliphatic carbocycles. The number of ketones is 2. The highest BCUT2D eigenvalue weighted by Crippen LogP contribution is 2.41. The smallest absolute Gasteiger partial charge is 0.295 e. The van der Waals surface area contributed by atoms with Gasteiger partial charge < -0.3 is 4.98 Å². The monoisotopic (exact) mass is 403 g/mol. The molecule has 6 heteroatoms. The first-order chi connectivity index (χ1) is 14.5. The van der Waals surface area contributed by atoms with Crippen LogP contribution in [0.1, 0.15) is 49.8 Å². The number of carbonyl (C=O) groups excluding carboxylic acids is 3. The number of carbonyl (C=O) groups is 3. The van der Waals surface area contributed by atoms with E-state index >= 15 is 0 Å². The maximum Gasteiger partial charge on any atom is 0.295 e. The lowest BCUT2D eigenvalue weighted by Gasteiger charge is -2.27. The van der Waals surface area contributed by atoms with Gasteiger partial charge in [0.05, 0.1) is 23.4 Å². The average Bonchev–Trinajstić information content (AvgIpc) is 3.30. The Kier molecular flexibility index (Phi) is 5.48. The van der Waals surface area contributed by atoms with Gasteiger partial charge >= 0.3 is 0 Å². The minimum atomic E-state index is -0.978. The van der Waals surface area contributed by atoms with E-state index in [-0.39, 0.29) is 5.78 Å². The molecular formula is C24H25N3O3. The Bertz CT molecular complexity index is 1120. The van der Waals surface area contributed by atoms with Gasteiger partial charge in [0.25, 0.3) is 5.91 Å². The van der Waals surface area contributed by atoms with Crippen LogP contribution in [0, 0.1) is 12.8 Å². The van der Waals surface area contributed by atoms with Crippen LogP contribution in [0.15, 0.2) is 48.8 Å². The third kappa shape index (κ3) is 3.54. The molecular weight excluding hydrogens is 378 g/mol. The maximum absolute atomic E-state index is 13.1. The van der Waals surface area contributed by atoms with Gasteiger partial charge in [-0.05, 0) is 37.1 Å². The number of hydrogen-bond acceptors (Lipinski definition) is 4. The molecule has 2 heterocycles. The van der Waals surface area contributed by atoms with Crippen LogP contribution in [0.5, 0.6) is 0 Å². The topological polar surface area (TPSA) is 83.1 Å². The summed E-state index contributed by atoms with van der Waals surface area (Å²) in [7, 11) is 0. The van der Waals surface area contributed by atoms with E-state index in [1.54, 1.807) is 18.5 Å². The van der Waals surface area contributed by atoms with Crippen LogP contribution < -0.4 is 4.90 Å². The van der Waals surface area contributed by atoms with Crippen molar-refractivity contribution in [3.05, 3.63) is 59.9 Å². The average molecular weight is 403 g/mol. The largest absolute Gasteiger partial charge is 0.345 e. The second-order valence-corrected chi connectivity index (χ2v) is 7.90. The molecule has 3 aromatic rings. The summed E-state index contributed by atoms with van der Waals surface area (Å²) in [5.41, 5.74) is 3.94. The predicted molar refractivity (Wildman–Crippen MR) is 115 cm³/mol. The molecule has 6 nitrogen and oxygen atoms in total. The summed E-state index contributed by atoms with van der Waals surface area (Å²) in [4.78, 5) is 47.9. The molecule has 0 saturated carbocycles. The van der Waals surface area contributed by atoms with Gasteiger partial charge in [-0.2, -0.15) is 0 Å². The summed E-state index contributed by atoms with van der Waals surface area (Å²) >= 11 is 0. The molecule has 1 aromatic heterocycles. The van der Waals surface area contributed by atoms with Gasteiger partial charge in [0.1, 0.15) is 11.7 Å². The molecule has 1 saturated heterocycles. The molecule has 2 atom stereocenters. The molecule has 1 fully saturated rings. The summed E-state index contributed by atoms with van der Waals surface area (Å²) < 4.78 is 0. The van der Waals surface area contributed by atoms with E-state index in [0.29, 0.717) is 12.1 Å². The lowest BCUT2D eigenvalue weighted by atomic mass is 9.86. The summed E-state index contributed by atoms with van der Waals surface area (Å²) in [5.74, 6) is -2.38. The van der Waals surface area contributed by atoms with Crippen LogP contribution in [-0.4, -0.2) is 27.4 Å². The number of Topliss-reactive ketones (excluding diaryl/α,β-unsaturated/α-hetero) is 2. The van der Waals surface area contributed by atoms with E-state index in [1.165, 1.54) is 4.90 Å². The molecule has 30 heavy (non-hydrogen) atoms. The molecule has 2 aromatic carbocycles. The van der Waals surface area contributed by atoms with Crippen LogP contribution in [0.4, 0.5) is 5.69 Å². The fraction of sp³-hybridized carbons (Fsp3) is 0.333. The van der Waals surface area contributed by atoms with Crippen molar-refractivity contribution in [2.24, 2.45) is 5.92 Å². The zero-order valence-corrected chi connectivity index (χ0v) is 17.2. The van der Waals surface area contributed by atoms with Crippen LogP contribution in [0.2, 0.25) is 0 Å².